The summed E-state index contributed by atoms with van der Waals surface area (Å²) < 4.78 is 0. The second-order valence-electron chi connectivity index (χ2n) is 3.63. The molecule has 0 amide bonds. The molecule has 1 aromatic rings. The summed E-state index contributed by atoms with van der Waals surface area (Å²) >= 11 is 0. The van der Waals surface area contributed by atoms with Gasteiger partial charge in [-0.15, -0.1) is 0 Å². The number of nitrogens with two attached hydrogens (primary N) is 1. The maximum Gasteiger partial charge on any atom is 0.0420 e. The fourth-order valence-corrected chi connectivity index (χ4v) is 1.96. The van der Waals surface area contributed by atoms with Crippen LogP contribution in [0.3, 0.4) is 0 Å². The summed E-state index contributed by atoms with van der Waals surface area (Å²) in [6.45, 7) is 4.52. The van der Waals surface area contributed by atoms with E-state index in [-0.39, 0.29) is 0 Å². The lowest BCUT2D eigenvalue weighted by Gasteiger charge is -2.18. The van der Waals surface area contributed by atoms with Crippen molar-refractivity contribution >= 4 is 11.4 Å². The molecule has 0 fully saturated rings. The van der Waals surface area contributed by atoms with E-state index in [1.807, 2.05) is 6.07 Å². The van der Waals surface area contributed by atoms with Crippen LogP contribution in [0.5, 0.6) is 0 Å². The number of rotatable bonds is 2. The van der Waals surface area contributed by atoms with Gasteiger partial charge in [0.1, 0.15) is 0 Å². The molecule has 2 heteroatoms. The molecule has 1 aliphatic heterocycles. The van der Waals surface area contributed by atoms with Crippen molar-refractivity contribution in [1.29, 1.82) is 0 Å². The highest BCUT2D eigenvalue weighted by Crippen LogP contribution is 2.29. The van der Waals surface area contributed by atoms with Crippen molar-refractivity contribution in [3.63, 3.8) is 0 Å². The van der Waals surface area contributed by atoms with Crippen LogP contribution in [0.2, 0.25) is 0 Å². The summed E-state index contributed by atoms with van der Waals surface area (Å²) in [6.07, 6.45) is 2.38. The van der Waals surface area contributed by atoms with Gasteiger partial charge in [0, 0.05) is 24.5 Å². The maximum atomic E-state index is 5.76. The van der Waals surface area contributed by atoms with Crippen LogP contribution in [-0.2, 0) is 6.42 Å². The molecule has 1 heterocycles. The summed E-state index contributed by atoms with van der Waals surface area (Å²) in [7, 11) is 0. The minimum Gasteiger partial charge on any atom is -0.399 e. The van der Waals surface area contributed by atoms with Crippen LogP contribution in [0, 0.1) is 0 Å². The molecular weight excluding hydrogens is 160 g/mol. The lowest BCUT2D eigenvalue weighted by Crippen LogP contribution is -2.20. The first-order chi connectivity index (χ1) is 6.31. The molecule has 0 saturated heterocycles. The molecule has 1 aromatic carbocycles. The summed E-state index contributed by atoms with van der Waals surface area (Å²) in [5.74, 6) is 0. The Balaban J connectivity index is 2.29. The van der Waals surface area contributed by atoms with E-state index in [9.17, 15) is 0 Å². The average Bonchev–Trinajstić information content (AvgIpc) is 2.49. The average molecular weight is 176 g/mol. The standard InChI is InChI=1S/C11H16N2/c1-2-6-13-7-5-9-3-4-10(12)8-11(9)13/h3-4,8H,2,5-7,12H2,1H3. The quantitative estimate of drug-likeness (QED) is 0.699. The van der Waals surface area contributed by atoms with Gasteiger partial charge in [-0.1, -0.05) is 13.0 Å². The molecule has 0 unspecified atom stereocenters. The SMILES string of the molecule is CCCN1CCc2ccc(N)cc21. The minimum absolute atomic E-state index is 0.877. The van der Waals surface area contributed by atoms with E-state index >= 15 is 0 Å². The van der Waals surface area contributed by atoms with Crippen LogP contribution < -0.4 is 10.6 Å². The molecule has 0 spiro atoms. The summed E-state index contributed by atoms with van der Waals surface area (Å²) in [5, 5.41) is 0. The van der Waals surface area contributed by atoms with Crippen LogP contribution in [0.15, 0.2) is 18.2 Å². The fourth-order valence-electron chi connectivity index (χ4n) is 1.96. The monoisotopic (exact) mass is 176 g/mol. The Hall–Kier alpha value is -1.18. The molecule has 70 valence electrons. The van der Waals surface area contributed by atoms with Crippen LogP contribution in [0.1, 0.15) is 18.9 Å². The smallest absolute Gasteiger partial charge is 0.0420 e. The van der Waals surface area contributed by atoms with E-state index in [1.54, 1.807) is 0 Å². The first kappa shape index (κ1) is 8.42. The third-order valence-corrected chi connectivity index (χ3v) is 2.59. The van der Waals surface area contributed by atoms with Gasteiger partial charge >= 0.3 is 0 Å². The number of hydrogen-bond donors (Lipinski definition) is 1. The van der Waals surface area contributed by atoms with Crippen molar-refractivity contribution in [1.82, 2.24) is 0 Å². The number of benzene rings is 1. The molecule has 2 rings (SSSR count). The molecule has 0 bridgehead atoms. The highest BCUT2D eigenvalue weighted by molar-refractivity contribution is 5.64. The van der Waals surface area contributed by atoms with E-state index in [0.29, 0.717) is 0 Å². The molecule has 2 N–H and O–H groups in total. The van der Waals surface area contributed by atoms with Gasteiger partial charge < -0.3 is 10.6 Å². The Morgan fingerprint density at radius 1 is 1.46 bits per heavy atom. The zero-order valence-corrected chi connectivity index (χ0v) is 8.09. The van der Waals surface area contributed by atoms with Crippen molar-refractivity contribution in [2.75, 3.05) is 23.7 Å². The second kappa shape index (κ2) is 3.29. The van der Waals surface area contributed by atoms with Crippen molar-refractivity contribution in [3.05, 3.63) is 23.8 Å². The highest BCUT2D eigenvalue weighted by atomic mass is 15.1. The van der Waals surface area contributed by atoms with Crippen LogP contribution in [0.25, 0.3) is 0 Å². The molecular formula is C11H16N2. The Morgan fingerprint density at radius 2 is 2.31 bits per heavy atom. The Bertz CT molecular complexity index is 305. The zero-order chi connectivity index (χ0) is 9.26. The van der Waals surface area contributed by atoms with Crippen molar-refractivity contribution < 1.29 is 0 Å². The summed E-state index contributed by atoms with van der Waals surface area (Å²) in [4.78, 5) is 2.42. The Morgan fingerprint density at radius 3 is 3.08 bits per heavy atom. The van der Waals surface area contributed by atoms with Gasteiger partial charge in [-0.05, 0) is 30.5 Å². The first-order valence-corrected chi connectivity index (χ1v) is 4.94. The van der Waals surface area contributed by atoms with Gasteiger partial charge in [-0.2, -0.15) is 0 Å². The highest BCUT2D eigenvalue weighted by Gasteiger charge is 2.17. The van der Waals surface area contributed by atoms with Gasteiger partial charge in [0.15, 0.2) is 0 Å². The zero-order valence-electron chi connectivity index (χ0n) is 8.09. The third kappa shape index (κ3) is 1.48. The Labute approximate surface area is 79.4 Å². The van der Waals surface area contributed by atoms with Crippen molar-refractivity contribution in [3.8, 4) is 0 Å². The van der Waals surface area contributed by atoms with Gasteiger partial charge in [0.2, 0.25) is 0 Å². The molecule has 0 radical (unpaired) electrons. The molecule has 13 heavy (non-hydrogen) atoms. The second-order valence-corrected chi connectivity index (χ2v) is 3.63. The van der Waals surface area contributed by atoms with E-state index in [1.165, 1.54) is 24.1 Å². The maximum absolute atomic E-state index is 5.76. The summed E-state index contributed by atoms with van der Waals surface area (Å²) in [5.41, 5.74) is 9.44. The fraction of sp³-hybridized carbons (Fsp3) is 0.455. The molecule has 0 saturated carbocycles. The normalized spacial score (nSPS) is 14.7. The topological polar surface area (TPSA) is 29.3 Å². The first-order valence-electron chi connectivity index (χ1n) is 4.94. The molecule has 0 atom stereocenters. The van der Waals surface area contributed by atoms with E-state index in [2.05, 4.69) is 24.0 Å². The van der Waals surface area contributed by atoms with Gasteiger partial charge in [0.25, 0.3) is 0 Å². The van der Waals surface area contributed by atoms with Crippen LogP contribution in [0.4, 0.5) is 11.4 Å². The molecule has 0 aliphatic carbocycles. The summed E-state index contributed by atoms with van der Waals surface area (Å²) in [6, 6.07) is 6.24. The van der Waals surface area contributed by atoms with Gasteiger partial charge in [0.05, 0.1) is 0 Å². The molecule has 2 nitrogen and oxygen atoms in total. The number of nitrogen functional groups attached to an aromatic ring is 1. The number of nitrogens with zero attached hydrogens (tertiary/aromatic N) is 1. The van der Waals surface area contributed by atoms with E-state index in [4.69, 9.17) is 5.73 Å². The van der Waals surface area contributed by atoms with Gasteiger partial charge in [-0.3, -0.25) is 0 Å². The minimum atomic E-state index is 0.877. The predicted molar refractivity (Wildman–Crippen MR) is 57.1 cm³/mol. The number of fused-ring (bicyclic) bond motifs is 1. The van der Waals surface area contributed by atoms with Crippen LogP contribution in [-0.4, -0.2) is 13.1 Å². The lowest BCUT2D eigenvalue weighted by atomic mass is 10.1. The van der Waals surface area contributed by atoms with Crippen LogP contribution >= 0.6 is 0 Å². The third-order valence-electron chi connectivity index (χ3n) is 2.59. The lowest BCUT2D eigenvalue weighted by molar-refractivity contribution is 0.797. The number of hydrogen-bond acceptors (Lipinski definition) is 2. The van der Waals surface area contributed by atoms with E-state index < -0.39 is 0 Å². The predicted octanol–water partition coefficient (Wildman–Crippen LogP) is 2.04. The van der Waals surface area contributed by atoms with Crippen molar-refractivity contribution in [2.24, 2.45) is 0 Å². The Kier molecular flexibility index (Phi) is 2.13. The molecule has 1 aliphatic rings. The number of anilines is 2. The van der Waals surface area contributed by atoms with Gasteiger partial charge in [-0.25, -0.2) is 0 Å². The largest absolute Gasteiger partial charge is 0.399 e. The van der Waals surface area contributed by atoms with Crippen molar-refractivity contribution in [2.45, 2.75) is 19.8 Å². The van der Waals surface area contributed by atoms with E-state index in [0.717, 1.165) is 18.8 Å². The molecule has 0 aromatic heterocycles.